The number of nitrogens with zero attached hydrogens (tertiary/aromatic N) is 3. The summed E-state index contributed by atoms with van der Waals surface area (Å²) in [6.45, 7) is 3.19. The van der Waals surface area contributed by atoms with Gasteiger partial charge >= 0.3 is 0 Å². The lowest BCUT2D eigenvalue weighted by Gasteiger charge is -2.12. The number of carbonyl (C=O) groups is 1. The Bertz CT molecular complexity index is 742. The van der Waals surface area contributed by atoms with Gasteiger partial charge in [0.15, 0.2) is 23.9 Å². The van der Waals surface area contributed by atoms with Gasteiger partial charge in [-0.05, 0) is 37.5 Å². The molecule has 0 unspecified atom stereocenters. The van der Waals surface area contributed by atoms with E-state index in [4.69, 9.17) is 9.47 Å². The second-order valence-electron chi connectivity index (χ2n) is 6.21. The highest BCUT2D eigenvalue weighted by Crippen LogP contribution is 2.27. The topological polar surface area (TPSA) is 78.3 Å². The summed E-state index contributed by atoms with van der Waals surface area (Å²) in [6, 6.07) is 5.60. The molecular formula is C18H24N4O3. The van der Waals surface area contributed by atoms with Crippen molar-refractivity contribution in [1.29, 1.82) is 0 Å². The summed E-state index contributed by atoms with van der Waals surface area (Å²) >= 11 is 0. The van der Waals surface area contributed by atoms with Crippen LogP contribution < -0.4 is 14.8 Å². The van der Waals surface area contributed by atoms with Crippen LogP contribution in [0, 0.1) is 6.92 Å². The maximum absolute atomic E-state index is 12.1. The molecule has 0 saturated carbocycles. The number of fused-ring (bicyclic) bond motifs is 1. The number of nitrogens with one attached hydrogen (secondary N) is 1. The monoisotopic (exact) mass is 344 g/mol. The molecule has 7 heteroatoms. The van der Waals surface area contributed by atoms with E-state index >= 15 is 0 Å². The van der Waals surface area contributed by atoms with Gasteiger partial charge < -0.3 is 19.4 Å². The lowest BCUT2D eigenvalue weighted by Crippen LogP contribution is -2.29. The number of aryl methyl sites for hydroxylation is 2. The van der Waals surface area contributed by atoms with Crippen molar-refractivity contribution in [2.75, 3.05) is 13.7 Å². The van der Waals surface area contributed by atoms with Crippen LogP contribution >= 0.6 is 0 Å². The van der Waals surface area contributed by atoms with Gasteiger partial charge in [-0.1, -0.05) is 12.5 Å². The smallest absolute Gasteiger partial charge is 0.258 e. The first kappa shape index (κ1) is 17.3. The molecule has 0 spiro atoms. The van der Waals surface area contributed by atoms with Crippen molar-refractivity contribution in [2.45, 2.75) is 45.7 Å². The second-order valence-corrected chi connectivity index (χ2v) is 6.21. The molecule has 1 amide bonds. The fourth-order valence-corrected chi connectivity index (χ4v) is 2.94. The lowest BCUT2D eigenvalue weighted by molar-refractivity contribution is -0.123. The molecule has 0 saturated heterocycles. The average Bonchev–Trinajstić information content (AvgIpc) is 2.85. The fraction of sp³-hybridized carbons (Fsp3) is 0.500. The molecule has 2 aromatic rings. The van der Waals surface area contributed by atoms with E-state index in [1.807, 2.05) is 19.1 Å². The predicted octanol–water partition coefficient (Wildman–Crippen LogP) is 2.02. The Balaban J connectivity index is 1.53. The van der Waals surface area contributed by atoms with Gasteiger partial charge in [0.25, 0.3) is 5.91 Å². The number of rotatable bonds is 6. The van der Waals surface area contributed by atoms with E-state index in [-0.39, 0.29) is 12.5 Å². The van der Waals surface area contributed by atoms with E-state index in [9.17, 15) is 4.79 Å². The Hall–Kier alpha value is -2.57. The number of benzene rings is 1. The number of carbonyl (C=O) groups excluding carboxylic acids is 1. The van der Waals surface area contributed by atoms with Gasteiger partial charge in [-0.2, -0.15) is 0 Å². The van der Waals surface area contributed by atoms with Crippen LogP contribution in [0.5, 0.6) is 11.5 Å². The van der Waals surface area contributed by atoms with Gasteiger partial charge in [-0.15, -0.1) is 10.2 Å². The van der Waals surface area contributed by atoms with E-state index in [1.54, 1.807) is 13.2 Å². The molecule has 7 nitrogen and oxygen atoms in total. The van der Waals surface area contributed by atoms with E-state index in [2.05, 4.69) is 20.1 Å². The first-order valence-corrected chi connectivity index (χ1v) is 8.62. The Morgan fingerprint density at radius 3 is 2.96 bits per heavy atom. The van der Waals surface area contributed by atoms with Gasteiger partial charge in [0, 0.05) is 13.0 Å². The Morgan fingerprint density at radius 1 is 1.24 bits per heavy atom. The molecule has 1 aliphatic rings. The molecule has 1 aromatic carbocycles. The minimum Gasteiger partial charge on any atom is -0.493 e. The van der Waals surface area contributed by atoms with Crippen LogP contribution in [-0.4, -0.2) is 34.4 Å². The highest BCUT2D eigenvalue weighted by Gasteiger charge is 2.15. The van der Waals surface area contributed by atoms with Gasteiger partial charge in [0.1, 0.15) is 5.82 Å². The number of hydrogen-bond acceptors (Lipinski definition) is 5. The van der Waals surface area contributed by atoms with Crippen molar-refractivity contribution in [2.24, 2.45) is 0 Å². The first-order chi connectivity index (χ1) is 12.2. The minimum absolute atomic E-state index is 0.0690. The Kier molecular flexibility index (Phi) is 5.53. The molecule has 0 atom stereocenters. The van der Waals surface area contributed by atoms with Crippen molar-refractivity contribution in [1.82, 2.24) is 20.1 Å². The molecular weight excluding hydrogens is 320 g/mol. The highest BCUT2D eigenvalue weighted by molar-refractivity contribution is 5.77. The van der Waals surface area contributed by atoms with Crippen LogP contribution in [0.1, 0.15) is 36.5 Å². The van der Waals surface area contributed by atoms with Crippen molar-refractivity contribution in [3.05, 3.63) is 35.4 Å². The van der Waals surface area contributed by atoms with Gasteiger partial charge in [-0.25, -0.2) is 0 Å². The Labute approximate surface area is 147 Å². The number of ether oxygens (including phenoxy) is 2. The van der Waals surface area contributed by atoms with Crippen LogP contribution in [0.4, 0.5) is 0 Å². The van der Waals surface area contributed by atoms with E-state index < -0.39 is 0 Å². The number of methoxy groups -OCH3 is 1. The summed E-state index contributed by atoms with van der Waals surface area (Å²) in [4.78, 5) is 12.1. The lowest BCUT2D eigenvalue weighted by atomic mass is 10.2. The third kappa shape index (κ3) is 4.29. The first-order valence-electron chi connectivity index (χ1n) is 8.62. The summed E-state index contributed by atoms with van der Waals surface area (Å²) in [5, 5.41) is 11.3. The quantitative estimate of drug-likeness (QED) is 0.867. The highest BCUT2D eigenvalue weighted by atomic mass is 16.5. The zero-order valence-electron chi connectivity index (χ0n) is 14.7. The van der Waals surface area contributed by atoms with Crippen LogP contribution in [0.25, 0.3) is 0 Å². The van der Waals surface area contributed by atoms with Crippen molar-refractivity contribution < 1.29 is 14.3 Å². The summed E-state index contributed by atoms with van der Waals surface area (Å²) in [6.07, 6.45) is 4.44. The molecule has 25 heavy (non-hydrogen) atoms. The van der Waals surface area contributed by atoms with Crippen LogP contribution in [-0.2, 0) is 24.3 Å². The number of amides is 1. The maximum Gasteiger partial charge on any atom is 0.258 e. The van der Waals surface area contributed by atoms with E-state index in [0.29, 0.717) is 18.0 Å². The molecule has 0 fully saturated rings. The van der Waals surface area contributed by atoms with Gasteiger partial charge in [-0.3, -0.25) is 4.79 Å². The summed E-state index contributed by atoms with van der Waals surface area (Å²) in [7, 11) is 1.58. The molecule has 1 N–H and O–H groups in total. The maximum atomic E-state index is 12.1. The number of aromatic nitrogens is 3. The summed E-state index contributed by atoms with van der Waals surface area (Å²) < 4.78 is 13.0. The largest absolute Gasteiger partial charge is 0.493 e. The number of hydrogen-bond donors (Lipinski definition) is 1. The normalized spacial score (nSPS) is 13.7. The van der Waals surface area contributed by atoms with Crippen molar-refractivity contribution in [3.8, 4) is 11.5 Å². The molecule has 0 aliphatic carbocycles. The molecule has 1 aliphatic heterocycles. The van der Waals surface area contributed by atoms with Crippen molar-refractivity contribution >= 4 is 5.91 Å². The van der Waals surface area contributed by atoms with Crippen LogP contribution in [0.2, 0.25) is 0 Å². The summed E-state index contributed by atoms with van der Waals surface area (Å²) in [5.41, 5.74) is 1.07. The molecule has 3 rings (SSSR count). The predicted molar refractivity (Wildman–Crippen MR) is 92.6 cm³/mol. The van der Waals surface area contributed by atoms with Crippen LogP contribution in [0.15, 0.2) is 18.2 Å². The van der Waals surface area contributed by atoms with Crippen LogP contribution in [0.3, 0.4) is 0 Å². The van der Waals surface area contributed by atoms with E-state index in [1.165, 1.54) is 6.42 Å². The van der Waals surface area contributed by atoms with Gasteiger partial charge in [0.2, 0.25) is 0 Å². The fourth-order valence-electron chi connectivity index (χ4n) is 2.94. The molecule has 134 valence electrons. The summed E-state index contributed by atoms with van der Waals surface area (Å²) in [5.74, 6) is 2.80. The van der Waals surface area contributed by atoms with Gasteiger partial charge in [0.05, 0.1) is 13.7 Å². The Morgan fingerprint density at radius 2 is 2.12 bits per heavy atom. The average molecular weight is 344 g/mol. The molecule has 0 radical (unpaired) electrons. The molecule has 1 aromatic heterocycles. The molecule has 0 bridgehead atoms. The standard InChI is InChI=1S/C18H24N4O3/c1-13-7-8-14(15(10-13)24-2)25-12-18(23)19-11-17-21-20-16-6-4-3-5-9-22(16)17/h7-8,10H,3-6,9,11-12H2,1-2H3,(H,19,23). The third-order valence-corrected chi connectivity index (χ3v) is 4.31. The zero-order chi connectivity index (χ0) is 17.6. The minimum atomic E-state index is -0.200. The van der Waals surface area contributed by atoms with Crippen molar-refractivity contribution in [3.63, 3.8) is 0 Å². The van der Waals surface area contributed by atoms with E-state index in [0.717, 1.165) is 43.0 Å². The third-order valence-electron chi connectivity index (χ3n) is 4.31. The second kappa shape index (κ2) is 8.00. The SMILES string of the molecule is COc1cc(C)ccc1OCC(=O)NCc1nnc2n1CCCCC2. The zero-order valence-corrected chi connectivity index (χ0v) is 14.7. The molecule has 2 heterocycles.